The van der Waals surface area contributed by atoms with Crippen LogP contribution in [0.15, 0.2) is 30.6 Å². The molecule has 1 amide bonds. The molecule has 1 fully saturated rings. The maximum absolute atomic E-state index is 12.9. The molecule has 0 unspecified atom stereocenters. The number of aromatic nitrogens is 4. The summed E-state index contributed by atoms with van der Waals surface area (Å²) in [6, 6.07) is 7.46. The second-order valence-electron chi connectivity index (χ2n) is 5.81. The third kappa shape index (κ3) is 3.56. The number of piperidine rings is 1. The Hall–Kier alpha value is -2.28. The number of tetrazole rings is 1. The molecule has 0 spiro atoms. The first kappa shape index (κ1) is 15.6. The largest absolute Gasteiger partial charge is 0.339 e. The number of carbonyl (C=O) groups is 1. The Labute approximate surface area is 135 Å². The van der Waals surface area contributed by atoms with Gasteiger partial charge in [0.05, 0.1) is 11.3 Å². The van der Waals surface area contributed by atoms with E-state index in [0.717, 1.165) is 44.7 Å². The minimum Gasteiger partial charge on any atom is -0.339 e. The minimum absolute atomic E-state index is 0.0537. The quantitative estimate of drug-likeness (QED) is 0.895. The summed E-state index contributed by atoms with van der Waals surface area (Å²) in [6.07, 6.45) is 3.60. The van der Waals surface area contributed by atoms with E-state index in [-0.39, 0.29) is 5.91 Å². The predicted molar refractivity (Wildman–Crippen MR) is 86.3 cm³/mol. The number of para-hydroxylation sites is 1. The van der Waals surface area contributed by atoms with Crippen molar-refractivity contribution in [3.8, 4) is 5.69 Å². The Morgan fingerprint density at radius 1 is 1.30 bits per heavy atom. The van der Waals surface area contributed by atoms with Crippen LogP contribution in [0.4, 0.5) is 0 Å². The smallest absolute Gasteiger partial charge is 0.256 e. The molecule has 1 aliphatic heterocycles. The third-order valence-electron chi connectivity index (χ3n) is 4.32. The highest BCUT2D eigenvalue weighted by molar-refractivity contribution is 5.97. The summed E-state index contributed by atoms with van der Waals surface area (Å²) in [5, 5.41) is 14.6. The number of benzene rings is 1. The molecule has 0 aliphatic carbocycles. The average molecular weight is 314 g/mol. The molecule has 1 aromatic heterocycles. The lowest BCUT2D eigenvalue weighted by molar-refractivity contribution is 0.0690. The molecule has 122 valence electrons. The van der Waals surface area contributed by atoms with Crippen LogP contribution >= 0.6 is 0 Å². The molecule has 0 atom stereocenters. The van der Waals surface area contributed by atoms with Crippen molar-refractivity contribution in [2.24, 2.45) is 5.92 Å². The van der Waals surface area contributed by atoms with Gasteiger partial charge in [0.1, 0.15) is 6.33 Å². The summed E-state index contributed by atoms with van der Waals surface area (Å²) in [6.45, 7) is 5.77. The number of nitrogens with one attached hydrogen (secondary N) is 1. The van der Waals surface area contributed by atoms with Gasteiger partial charge >= 0.3 is 0 Å². The van der Waals surface area contributed by atoms with Gasteiger partial charge in [0.15, 0.2) is 0 Å². The zero-order valence-corrected chi connectivity index (χ0v) is 13.4. The van der Waals surface area contributed by atoms with Crippen LogP contribution in [-0.2, 0) is 0 Å². The number of hydrogen-bond donors (Lipinski definition) is 1. The van der Waals surface area contributed by atoms with E-state index in [2.05, 4.69) is 27.8 Å². The van der Waals surface area contributed by atoms with E-state index in [1.165, 1.54) is 11.0 Å². The molecule has 7 nitrogen and oxygen atoms in total. The first-order valence-corrected chi connectivity index (χ1v) is 8.12. The first-order valence-electron chi connectivity index (χ1n) is 8.12. The monoisotopic (exact) mass is 314 g/mol. The lowest BCUT2D eigenvalue weighted by Crippen LogP contribution is -2.41. The summed E-state index contributed by atoms with van der Waals surface area (Å²) < 4.78 is 1.53. The SMILES string of the molecule is CCNCC1CCN(C(=O)c2ccccc2-n2cnnn2)CC1. The van der Waals surface area contributed by atoms with Gasteiger partial charge < -0.3 is 10.2 Å². The number of hydrogen-bond acceptors (Lipinski definition) is 5. The van der Waals surface area contributed by atoms with Crippen molar-refractivity contribution in [3.05, 3.63) is 36.2 Å². The molecule has 0 radical (unpaired) electrons. The van der Waals surface area contributed by atoms with Crippen LogP contribution in [0.5, 0.6) is 0 Å². The fraction of sp³-hybridized carbons (Fsp3) is 0.500. The van der Waals surface area contributed by atoms with Crippen molar-refractivity contribution < 1.29 is 4.79 Å². The normalized spacial score (nSPS) is 15.8. The van der Waals surface area contributed by atoms with E-state index in [0.29, 0.717) is 11.5 Å². The molecule has 3 rings (SSSR count). The molecule has 2 heterocycles. The lowest BCUT2D eigenvalue weighted by atomic mass is 9.96. The van der Waals surface area contributed by atoms with Crippen LogP contribution < -0.4 is 5.32 Å². The molecule has 0 bridgehead atoms. The summed E-state index contributed by atoms with van der Waals surface area (Å²) in [4.78, 5) is 14.8. The van der Waals surface area contributed by atoms with E-state index in [9.17, 15) is 4.79 Å². The van der Waals surface area contributed by atoms with Gasteiger partial charge in [-0.25, -0.2) is 0 Å². The van der Waals surface area contributed by atoms with Crippen molar-refractivity contribution in [2.45, 2.75) is 19.8 Å². The zero-order valence-electron chi connectivity index (χ0n) is 13.4. The molecule has 23 heavy (non-hydrogen) atoms. The van der Waals surface area contributed by atoms with Crippen molar-refractivity contribution >= 4 is 5.91 Å². The Morgan fingerprint density at radius 2 is 2.09 bits per heavy atom. The third-order valence-corrected chi connectivity index (χ3v) is 4.32. The number of carbonyl (C=O) groups excluding carboxylic acids is 1. The lowest BCUT2D eigenvalue weighted by Gasteiger charge is -2.32. The molecule has 1 aliphatic rings. The first-order chi connectivity index (χ1) is 11.3. The highest BCUT2D eigenvalue weighted by Gasteiger charge is 2.25. The van der Waals surface area contributed by atoms with Crippen molar-refractivity contribution in [3.63, 3.8) is 0 Å². The van der Waals surface area contributed by atoms with Gasteiger partial charge in [0.2, 0.25) is 0 Å². The Balaban J connectivity index is 1.70. The summed E-state index contributed by atoms with van der Waals surface area (Å²) in [7, 11) is 0. The molecular weight excluding hydrogens is 292 g/mol. The topological polar surface area (TPSA) is 75.9 Å². The average Bonchev–Trinajstić information content (AvgIpc) is 3.14. The molecule has 1 aromatic carbocycles. The number of rotatable bonds is 5. The Bertz CT molecular complexity index is 634. The van der Waals surface area contributed by atoms with E-state index in [1.54, 1.807) is 0 Å². The standard InChI is InChI=1S/C16H22N6O/c1-2-17-11-13-7-9-21(10-8-13)16(23)14-5-3-4-6-15(14)22-12-18-19-20-22/h3-6,12-13,17H,2,7-11H2,1H3. The summed E-state index contributed by atoms with van der Waals surface area (Å²) in [5.41, 5.74) is 1.36. The minimum atomic E-state index is 0.0537. The van der Waals surface area contributed by atoms with E-state index < -0.39 is 0 Å². The van der Waals surface area contributed by atoms with Crippen LogP contribution in [0.1, 0.15) is 30.1 Å². The van der Waals surface area contributed by atoms with Crippen molar-refractivity contribution in [2.75, 3.05) is 26.2 Å². The summed E-state index contributed by atoms with van der Waals surface area (Å²) >= 11 is 0. The number of amides is 1. The van der Waals surface area contributed by atoms with Crippen LogP contribution in [0.3, 0.4) is 0 Å². The molecule has 1 saturated heterocycles. The highest BCUT2D eigenvalue weighted by atomic mass is 16.2. The van der Waals surface area contributed by atoms with Crippen molar-refractivity contribution in [1.29, 1.82) is 0 Å². The maximum Gasteiger partial charge on any atom is 0.256 e. The van der Waals surface area contributed by atoms with E-state index in [1.807, 2.05) is 29.2 Å². The maximum atomic E-state index is 12.9. The predicted octanol–water partition coefficient (Wildman–Crippen LogP) is 1.12. The van der Waals surface area contributed by atoms with Gasteiger partial charge in [0.25, 0.3) is 5.91 Å². The van der Waals surface area contributed by atoms with Crippen LogP contribution in [0, 0.1) is 5.92 Å². The fourth-order valence-corrected chi connectivity index (χ4v) is 2.98. The van der Waals surface area contributed by atoms with Gasteiger partial charge in [-0.1, -0.05) is 19.1 Å². The van der Waals surface area contributed by atoms with Gasteiger partial charge in [-0.05, 0) is 54.4 Å². The molecule has 1 N–H and O–H groups in total. The zero-order chi connectivity index (χ0) is 16.1. The molecule has 2 aromatic rings. The molecular formula is C16H22N6O. The van der Waals surface area contributed by atoms with Gasteiger partial charge in [-0.2, -0.15) is 4.68 Å². The highest BCUT2D eigenvalue weighted by Crippen LogP contribution is 2.21. The van der Waals surface area contributed by atoms with E-state index in [4.69, 9.17) is 0 Å². The molecule has 0 saturated carbocycles. The fourth-order valence-electron chi connectivity index (χ4n) is 2.98. The van der Waals surface area contributed by atoms with Crippen LogP contribution in [0.2, 0.25) is 0 Å². The van der Waals surface area contributed by atoms with Crippen LogP contribution in [0.25, 0.3) is 5.69 Å². The second-order valence-corrected chi connectivity index (χ2v) is 5.81. The second kappa shape index (κ2) is 7.32. The Kier molecular flexibility index (Phi) is 4.97. The summed E-state index contributed by atoms with van der Waals surface area (Å²) in [5.74, 6) is 0.715. The number of nitrogens with zero attached hydrogens (tertiary/aromatic N) is 5. The van der Waals surface area contributed by atoms with E-state index >= 15 is 0 Å². The van der Waals surface area contributed by atoms with Gasteiger partial charge in [0, 0.05) is 13.1 Å². The van der Waals surface area contributed by atoms with Gasteiger partial charge in [-0.15, -0.1) is 5.10 Å². The van der Waals surface area contributed by atoms with Crippen LogP contribution in [-0.4, -0.2) is 57.2 Å². The Morgan fingerprint density at radius 3 is 2.78 bits per heavy atom. The molecule has 7 heteroatoms. The number of likely N-dealkylation sites (tertiary alicyclic amines) is 1. The van der Waals surface area contributed by atoms with Gasteiger partial charge in [-0.3, -0.25) is 4.79 Å². The van der Waals surface area contributed by atoms with Crippen molar-refractivity contribution in [1.82, 2.24) is 30.4 Å².